The van der Waals surface area contributed by atoms with Crippen molar-refractivity contribution < 1.29 is 5.11 Å². The maximum Gasteiger partial charge on any atom is 0.220 e. The monoisotopic (exact) mass is 304 g/mol. The van der Waals surface area contributed by atoms with Crippen molar-refractivity contribution in [1.82, 2.24) is 4.57 Å². The molecular formula is C15H20N4OS. The zero-order valence-electron chi connectivity index (χ0n) is 12.5. The molecule has 2 rings (SSSR count). The topological polar surface area (TPSA) is 73.7 Å². The van der Waals surface area contributed by atoms with Crippen LogP contribution in [0.15, 0.2) is 34.5 Å². The van der Waals surface area contributed by atoms with Gasteiger partial charge in [-0.1, -0.05) is 43.8 Å². The van der Waals surface area contributed by atoms with Crippen molar-refractivity contribution in [1.29, 1.82) is 5.41 Å². The molecule has 0 bridgehead atoms. The quantitative estimate of drug-likeness (QED) is 0.485. The molecule has 2 N–H and O–H groups in total. The van der Waals surface area contributed by atoms with Crippen LogP contribution in [0.1, 0.15) is 20.8 Å². The van der Waals surface area contributed by atoms with Crippen LogP contribution in [0.5, 0.6) is 5.88 Å². The van der Waals surface area contributed by atoms with Crippen LogP contribution >= 0.6 is 11.8 Å². The molecule has 21 heavy (non-hydrogen) atoms. The minimum Gasteiger partial charge on any atom is -0.493 e. The fourth-order valence-corrected chi connectivity index (χ4v) is 2.65. The van der Waals surface area contributed by atoms with Crippen LogP contribution in [-0.4, -0.2) is 20.6 Å². The van der Waals surface area contributed by atoms with E-state index in [1.807, 2.05) is 31.2 Å². The highest BCUT2D eigenvalue weighted by Crippen LogP contribution is 2.38. The predicted molar refractivity (Wildman–Crippen MR) is 88.8 cm³/mol. The van der Waals surface area contributed by atoms with Crippen LogP contribution in [0.2, 0.25) is 0 Å². The van der Waals surface area contributed by atoms with Gasteiger partial charge in [0.05, 0.1) is 5.52 Å². The van der Waals surface area contributed by atoms with E-state index in [-0.39, 0.29) is 11.0 Å². The second kappa shape index (κ2) is 6.76. The van der Waals surface area contributed by atoms with Gasteiger partial charge in [-0.3, -0.25) is 5.41 Å². The molecule has 5 nitrogen and oxygen atoms in total. The van der Waals surface area contributed by atoms with Gasteiger partial charge >= 0.3 is 0 Å². The molecule has 0 amide bonds. The lowest BCUT2D eigenvalue weighted by Gasteiger charge is -2.01. The smallest absolute Gasteiger partial charge is 0.220 e. The number of azo groups is 1. The van der Waals surface area contributed by atoms with Crippen LogP contribution in [0.3, 0.4) is 0 Å². The zero-order valence-corrected chi connectivity index (χ0v) is 13.3. The largest absolute Gasteiger partial charge is 0.493 e. The molecule has 6 heteroatoms. The molecule has 1 aromatic heterocycles. The Morgan fingerprint density at radius 3 is 2.76 bits per heavy atom. The van der Waals surface area contributed by atoms with E-state index in [2.05, 4.69) is 24.1 Å². The molecule has 0 saturated heterocycles. The van der Waals surface area contributed by atoms with E-state index in [9.17, 15) is 5.11 Å². The number of rotatable bonds is 4. The number of aromatic nitrogens is 1. The highest BCUT2D eigenvalue weighted by atomic mass is 32.2. The Hall–Kier alpha value is -1.82. The number of aromatic hydroxyl groups is 1. The molecule has 0 atom stereocenters. The minimum absolute atomic E-state index is 0.101. The summed E-state index contributed by atoms with van der Waals surface area (Å²) < 4.78 is 1.79. The Bertz CT molecular complexity index is 676. The van der Waals surface area contributed by atoms with E-state index >= 15 is 0 Å². The predicted octanol–water partition coefficient (Wildman–Crippen LogP) is 4.77. The molecule has 0 radical (unpaired) electrons. The van der Waals surface area contributed by atoms with Crippen LogP contribution in [0.4, 0.5) is 5.69 Å². The summed E-state index contributed by atoms with van der Waals surface area (Å²) in [5, 5.41) is 27.1. The molecule has 0 unspecified atom stereocenters. The molecule has 0 aliphatic heterocycles. The fourth-order valence-electron chi connectivity index (χ4n) is 2.06. The van der Waals surface area contributed by atoms with Crippen molar-refractivity contribution in [3.8, 4) is 5.88 Å². The van der Waals surface area contributed by atoms with Crippen molar-refractivity contribution in [2.75, 3.05) is 5.75 Å². The Labute approximate surface area is 128 Å². The molecule has 1 heterocycles. The van der Waals surface area contributed by atoms with E-state index in [0.717, 1.165) is 16.7 Å². The summed E-state index contributed by atoms with van der Waals surface area (Å²) in [5.74, 6) is 1.44. The maximum atomic E-state index is 10.3. The summed E-state index contributed by atoms with van der Waals surface area (Å²) in [6.45, 7) is 6.81. The van der Waals surface area contributed by atoms with Gasteiger partial charge in [0.2, 0.25) is 11.0 Å². The van der Waals surface area contributed by atoms with Gasteiger partial charge in [0.25, 0.3) is 0 Å². The van der Waals surface area contributed by atoms with Gasteiger partial charge in [0, 0.05) is 17.7 Å². The molecule has 0 aliphatic rings. The number of hydrogen-bond acceptors (Lipinski definition) is 4. The van der Waals surface area contributed by atoms with E-state index in [4.69, 9.17) is 5.41 Å². The molecule has 0 fully saturated rings. The molecule has 0 saturated carbocycles. The Kier molecular flexibility index (Phi) is 5.01. The Balaban J connectivity index is 2.30. The summed E-state index contributed by atoms with van der Waals surface area (Å²) in [4.78, 5) is 0. The molecular weight excluding hydrogens is 284 g/mol. The first-order valence-corrected chi connectivity index (χ1v) is 7.96. The average Bonchev–Trinajstić information content (AvgIpc) is 2.74. The van der Waals surface area contributed by atoms with Gasteiger partial charge < -0.3 is 9.67 Å². The van der Waals surface area contributed by atoms with Crippen molar-refractivity contribution in [3.05, 3.63) is 24.3 Å². The van der Waals surface area contributed by atoms with Gasteiger partial charge in [-0.25, -0.2) is 0 Å². The van der Waals surface area contributed by atoms with Gasteiger partial charge in [-0.15, -0.1) is 10.2 Å². The number of benzene rings is 1. The number of thioether (sulfide) groups is 1. The minimum atomic E-state index is 0.101. The third-order valence-electron chi connectivity index (χ3n) is 3.03. The lowest BCUT2D eigenvalue weighted by atomic mass is 10.2. The third-order valence-corrected chi connectivity index (χ3v) is 4.22. The number of aryl methyl sites for hydroxylation is 1. The molecule has 0 spiro atoms. The number of amidine groups is 1. The van der Waals surface area contributed by atoms with E-state index in [1.165, 1.54) is 11.8 Å². The van der Waals surface area contributed by atoms with Crippen molar-refractivity contribution in [2.24, 2.45) is 16.1 Å². The van der Waals surface area contributed by atoms with E-state index in [1.54, 1.807) is 4.57 Å². The molecule has 2 aromatic rings. The van der Waals surface area contributed by atoms with Gasteiger partial charge in [-0.05, 0) is 18.9 Å². The summed E-state index contributed by atoms with van der Waals surface area (Å²) in [5.41, 5.74) is 1.36. The normalized spacial score (nSPS) is 11.8. The van der Waals surface area contributed by atoms with Crippen LogP contribution in [-0.2, 0) is 6.54 Å². The molecule has 1 aromatic carbocycles. The highest BCUT2D eigenvalue weighted by Gasteiger charge is 2.15. The molecule has 112 valence electrons. The number of nitrogens with one attached hydrogen (secondary N) is 1. The van der Waals surface area contributed by atoms with Crippen molar-refractivity contribution in [3.63, 3.8) is 0 Å². The van der Waals surface area contributed by atoms with Gasteiger partial charge in [0.15, 0.2) is 5.69 Å². The van der Waals surface area contributed by atoms with Gasteiger partial charge in [0.1, 0.15) is 0 Å². The third kappa shape index (κ3) is 3.44. The Morgan fingerprint density at radius 2 is 2.10 bits per heavy atom. The first-order chi connectivity index (χ1) is 10.0. The Morgan fingerprint density at radius 1 is 1.38 bits per heavy atom. The fraction of sp³-hybridized carbons (Fsp3) is 0.400. The highest BCUT2D eigenvalue weighted by molar-refractivity contribution is 8.13. The van der Waals surface area contributed by atoms with Crippen molar-refractivity contribution >= 4 is 33.5 Å². The lowest BCUT2D eigenvalue weighted by Crippen LogP contribution is -1.94. The van der Waals surface area contributed by atoms with E-state index < -0.39 is 0 Å². The first-order valence-electron chi connectivity index (χ1n) is 6.97. The van der Waals surface area contributed by atoms with Crippen LogP contribution in [0.25, 0.3) is 10.9 Å². The van der Waals surface area contributed by atoms with E-state index in [0.29, 0.717) is 18.2 Å². The van der Waals surface area contributed by atoms with Crippen LogP contribution in [0, 0.1) is 11.3 Å². The number of fused-ring (bicyclic) bond motifs is 1. The maximum absolute atomic E-state index is 10.3. The summed E-state index contributed by atoms with van der Waals surface area (Å²) in [6.07, 6.45) is 0. The molecule has 0 aliphatic carbocycles. The second-order valence-corrected chi connectivity index (χ2v) is 6.15. The van der Waals surface area contributed by atoms with Crippen LogP contribution < -0.4 is 0 Å². The number of para-hydroxylation sites is 1. The summed E-state index contributed by atoms with van der Waals surface area (Å²) in [7, 11) is 0. The number of nitrogens with zero attached hydrogens (tertiary/aromatic N) is 3. The van der Waals surface area contributed by atoms with Gasteiger partial charge in [-0.2, -0.15) is 0 Å². The first kappa shape index (κ1) is 15.6. The summed E-state index contributed by atoms with van der Waals surface area (Å²) >= 11 is 1.36. The number of hydrogen-bond donors (Lipinski definition) is 2. The summed E-state index contributed by atoms with van der Waals surface area (Å²) in [6, 6.07) is 7.67. The second-order valence-electron chi connectivity index (χ2n) is 5.14. The van der Waals surface area contributed by atoms with Crippen molar-refractivity contribution in [2.45, 2.75) is 27.3 Å². The average molecular weight is 304 g/mol. The lowest BCUT2D eigenvalue weighted by molar-refractivity contribution is 0.427. The SMILES string of the molecule is CCn1c(O)c(N=NC(=N)SCC(C)C)c2ccccc21. The standard InChI is InChI=1S/C15H20N4OS/c1-4-19-12-8-6-5-7-11(12)13(14(19)20)17-18-15(16)21-9-10(2)3/h5-8,10,16,20H,4,9H2,1-3H3. The zero-order chi connectivity index (χ0) is 15.4.